The maximum atomic E-state index is 12.7. The van der Waals surface area contributed by atoms with E-state index in [1.54, 1.807) is 0 Å². The average Bonchev–Trinajstić information content (AvgIpc) is 3.32. The number of carbonyl (C=O) groups excluding carboxylic acids is 1. The summed E-state index contributed by atoms with van der Waals surface area (Å²) in [5, 5.41) is 2.14. The summed E-state index contributed by atoms with van der Waals surface area (Å²) in [6, 6.07) is 12.8. The van der Waals surface area contributed by atoms with Gasteiger partial charge in [-0.05, 0) is 41.5 Å². The number of nitrogens with two attached hydrogens (primary N) is 1. The lowest BCUT2D eigenvalue weighted by Gasteiger charge is -2.28. The Morgan fingerprint density at radius 3 is 2.85 bits per heavy atom. The zero-order valence-electron chi connectivity index (χ0n) is 15.1. The number of amides is 1. The Balaban J connectivity index is 1.32. The number of carbonyl (C=O) groups is 1. The Labute approximate surface area is 159 Å². The number of hydrogen-bond donors (Lipinski definition) is 1. The van der Waals surface area contributed by atoms with E-state index >= 15 is 0 Å². The first kappa shape index (κ1) is 17.7. The summed E-state index contributed by atoms with van der Waals surface area (Å²) in [6.45, 7) is 5.20. The summed E-state index contributed by atoms with van der Waals surface area (Å²) in [6.07, 6.45) is 1.62. The van der Waals surface area contributed by atoms with Gasteiger partial charge in [-0.1, -0.05) is 30.3 Å². The van der Waals surface area contributed by atoms with Gasteiger partial charge in [-0.2, -0.15) is 0 Å². The Bertz CT molecular complexity index is 745. The molecule has 0 unspecified atom stereocenters. The molecule has 1 fully saturated rings. The number of hydrogen-bond acceptors (Lipinski definition) is 4. The highest BCUT2D eigenvalue weighted by Gasteiger charge is 2.33. The van der Waals surface area contributed by atoms with E-state index in [1.807, 2.05) is 16.2 Å². The van der Waals surface area contributed by atoms with Crippen LogP contribution in [-0.2, 0) is 17.8 Å². The van der Waals surface area contributed by atoms with Crippen molar-refractivity contribution < 1.29 is 4.79 Å². The van der Waals surface area contributed by atoms with Crippen LogP contribution in [-0.4, -0.2) is 48.4 Å². The monoisotopic (exact) mass is 369 g/mol. The second-order valence-corrected chi connectivity index (χ2v) is 8.46. The molecule has 5 heteroatoms. The van der Waals surface area contributed by atoms with Gasteiger partial charge in [0.05, 0.1) is 0 Å². The van der Waals surface area contributed by atoms with Gasteiger partial charge in [-0.25, -0.2) is 0 Å². The van der Waals surface area contributed by atoms with Crippen molar-refractivity contribution in [1.29, 1.82) is 0 Å². The molecule has 2 aliphatic rings. The van der Waals surface area contributed by atoms with E-state index in [4.69, 9.17) is 5.73 Å². The Hall–Kier alpha value is -1.69. The van der Waals surface area contributed by atoms with E-state index in [1.165, 1.54) is 16.0 Å². The van der Waals surface area contributed by atoms with Crippen molar-refractivity contribution in [3.8, 4) is 0 Å². The van der Waals surface area contributed by atoms with Gasteiger partial charge in [0.15, 0.2) is 0 Å². The van der Waals surface area contributed by atoms with E-state index in [2.05, 4.69) is 46.7 Å². The largest absolute Gasteiger partial charge is 0.338 e. The predicted molar refractivity (Wildman–Crippen MR) is 106 cm³/mol. The van der Waals surface area contributed by atoms with Gasteiger partial charge in [0.25, 0.3) is 0 Å². The molecule has 0 radical (unpaired) electrons. The summed E-state index contributed by atoms with van der Waals surface area (Å²) < 4.78 is 0. The van der Waals surface area contributed by atoms with Crippen LogP contribution >= 0.6 is 11.3 Å². The molecule has 3 heterocycles. The van der Waals surface area contributed by atoms with Crippen LogP contribution in [0.5, 0.6) is 0 Å². The lowest BCUT2D eigenvalue weighted by atomic mass is 9.89. The van der Waals surface area contributed by atoms with Crippen molar-refractivity contribution in [1.82, 2.24) is 9.80 Å². The van der Waals surface area contributed by atoms with Gasteiger partial charge in [0, 0.05) is 49.9 Å². The molecular formula is C21H27N3OS. The quantitative estimate of drug-likeness (QED) is 0.882. The maximum Gasteiger partial charge on any atom is 0.224 e. The molecule has 0 aliphatic carbocycles. The summed E-state index contributed by atoms with van der Waals surface area (Å²) in [7, 11) is 0. The van der Waals surface area contributed by atoms with E-state index in [-0.39, 0.29) is 5.91 Å². The van der Waals surface area contributed by atoms with Crippen molar-refractivity contribution in [2.75, 3.05) is 32.7 Å². The zero-order valence-corrected chi connectivity index (χ0v) is 16.0. The first-order chi connectivity index (χ1) is 12.7. The standard InChI is InChI=1S/C21H27N3OS/c22-12-18-13-23(15-19(18)16-4-2-1-3-5-16)9-7-21(25)24-10-6-20-17(14-24)8-11-26-20/h1-5,8,11,18-19H,6-7,9-10,12-15,22H2/t18-,19+/m1/s1. The fraction of sp³-hybridized carbons (Fsp3) is 0.476. The molecule has 0 bridgehead atoms. The third kappa shape index (κ3) is 3.70. The van der Waals surface area contributed by atoms with E-state index < -0.39 is 0 Å². The Morgan fingerprint density at radius 2 is 2.04 bits per heavy atom. The van der Waals surface area contributed by atoms with Crippen LogP contribution in [0, 0.1) is 5.92 Å². The summed E-state index contributed by atoms with van der Waals surface area (Å²) in [5.74, 6) is 1.25. The van der Waals surface area contributed by atoms with Gasteiger partial charge in [-0.3, -0.25) is 4.79 Å². The molecule has 0 spiro atoms. The van der Waals surface area contributed by atoms with Crippen LogP contribution in [0.25, 0.3) is 0 Å². The van der Waals surface area contributed by atoms with Gasteiger partial charge in [0.1, 0.15) is 0 Å². The molecule has 2 N–H and O–H groups in total. The van der Waals surface area contributed by atoms with Crippen molar-refractivity contribution in [2.45, 2.75) is 25.3 Å². The van der Waals surface area contributed by atoms with Gasteiger partial charge >= 0.3 is 0 Å². The van der Waals surface area contributed by atoms with Gasteiger partial charge < -0.3 is 15.5 Å². The Kier molecular flexibility index (Phi) is 5.38. The second kappa shape index (κ2) is 7.91. The number of likely N-dealkylation sites (tertiary alicyclic amines) is 1. The van der Waals surface area contributed by atoms with Crippen molar-refractivity contribution >= 4 is 17.2 Å². The van der Waals surface area contributed by atoms with Crippen molar-refractivity contribution in [2.24, 2.45) is 11.7 Å². The molecule has 138 valence electrons. The molecule has 1 saturated heterocycles. The Morgan fingerprint density at radius 1 is 1.19 bits per heavy atom. The first-order valence-electron chi connectivity index (χ1n) is 9.55. The normalized spacial score (nSPS) is 23.2. The molecule has 1 aromatic heterocycles. The summed E-state index contributed by atoms with van der Waals surface area (Å²) in [4.78, 5) is 18.6. The third-order valence-corrected chi connectivity index (χ3v) is 6.87. The molecule has 2 aromatic rings. The highest BCUT2D eigenvalue weighted by Crippen LogP contribution is 2.32. The van der Waals surface area contributed by atoms with E-state index in [0.717, 1.165) is 39.1 Å². The minimum absolute atomic E-state index is 0.286. The highest BCUT2D eigenvalue weighted by molar-refractivity contribution is 7.10. The fourth-order valence-corrected chi connectivity index (χ4v) is 5.22. The molecule has 26 heavy (non-hydrogen) atoms. The van der Waals surface area contributed by atoms with E-state index in [9.17, 15) is 4.79 Å². The molecule has 0 saturated carbocycles. The lowest BCUT2D eigenvalue weighted by Crippen LogP contribution is -2.37. The first-order valence-corrected chi connectivity index (χ1v) is 10.4. The van der Waals surface area contributed by atoms with Gasteiger partial charge in [0.2, 0.25) is 5.91 Å². The van der Waals surface area contributed by atoms with Crippen LogP contribution in [0.4, 0.5) is 0 Å². The van der Waals surface area contributed by atoms with Crippen LogP contribution in [0.1, 0.15) is 28.3 Å². The highest BCUT2D eigenvalue weighted by atomic mass is 32.1. The van der Waals surface area contributed by atoms with Crippen LogP contribution in [0.3, 0.4) is 0 Å². The summed E-state index contributed by atoms with van der Waals surface area (Å²) >= 11 is 1.82. The van der Waals surface area contributed by atoms with Crippen LogP contribution in [0.2, 0.25) is 0 Å². The number of fused-ring (bicyclic) bond motifs is 1. The van der Waals surface area contributed by atoms with Crippen LogP contribution < -0.4 is 5.73 Å². The molecule has 1 aromatic carbocycles. The zero-order chi connectivity index (χ0) is 17.9. The van der Waals surface area contributed by atoms with Crippen molar-refractivity contribution in [3.63, 3.8) is 0 Å². The third-order valence-electron chi connectivity index (χ3n) is 5.85. The summed E-state index contributed by atoms with van der Waals surface area (Å²) in [5.41, 5.74) is 8.74. The van der Waals surface area contributed by atoms with Gasteiger partial charge in [-0.15, -0.1) is 11.3 Å². The number of thiophene rings is 1. The lowest BCUT2D eigenvalue weighted by molar-refractivity contribution is -0.132. The topological polar surface area (TPSA) is 49.6 Å². The molecule has 1 amide bonds. The number of nitrogens with zero attached hydrogens (tertiary/aromatic N) is 2. The average molecular weight is 370 g/mol. The number of rotatable bonds is 5. The minimum atomic E-state index is 0.286. The molecular weight excluding hydrogens is 342 g/mol. The molecule has 2 atom stereocenters. The number of benzene rings is 1. The predicted octanol–water partition coefficient (Wildman–Crippen LogP) is 2.70. The van der Waals surface area contributed by atoms with E-state index in [0.29, 0.717) is 24.8 Å². The smallest absolute Gasteiger partial charge is 0.224 e. The maximum absolute atomic E-state index is 12.7. The molecule has 2 aliphatic heterocycles. The van der Waals surface area contributed by atoms with Crippen LogP contribution in [0.15, 0.2) is 41.8 Å². The SMILES string of the molecule is NC[C@@H]1CN(CCC(=O)N2CCc3sccc3C2)C[C@H]1c1ccccc1. The molecule has 4 nitrogen and oxygen atoms in total. The fourth-order valence-electron chi connectivity index (χ4n) is 4.33. The molecule has 4 rings (SSSR count). The minimum Gasteiger partial charge on any atom is -0.338 e. The second-order valence-electron chi connectivity index (χ2n) is 7.46. The van der Waals surface area contributed by atoms with Crippen molar-refractivity contribution in [3.05, 3.63) is 57.8 Å².